The Morgan fingerprint density at radius 1 is 1.12 bits per heavy atom. The van der Waals surface area contributed by atoms with Gasteiger partial charge in [-0.3, -0.25) is 4.79 Å². The molecule has 5 heteroatoms. The van der Waals surface area contributed by atoms with Crippen molar-refractivity contribution in [3.63, 3.8) is 0 Å². The van der Waals surface area contributed by atoms with E-state index in [9.17, 15) is 15.0 Å². The first kappa shape index (κ1) is 18.2. The molecule has 0 bridgehead atoms. The van der Waals surface area contributed by atoms with Gasteiger partial charge in [-0.25, -0.2) is 0 Å². The maximum atomic E-state index is 12.4. The lowest BCUT2D eigenvalue weighted by Gasteiger charge is -2.43. The van der Waals surface area contributed by atoms with Gasteiger partial charge in [0.15, 0.2) is 0 Å². The summed E-state index contributed by atoms with van der Waals surface area (Å²) in [5.41, 5.74) is 0. The molecule has 4 N–H and O–H groups in total. The first-order valence-corrected chi connectivity index (χ1v) is 9.84. The highest BCUT2D eigenvalue weighted by molar-refractivity contribution is 5.80. The zero-order chi connectivity index (χ0) is 17.3. The zero-order valence-electron chi connectivity index (χ0n) is 15.1. The van der Waals surface area contributed by atoms with Crippen LogP contribution in [0.5, 0.6) is 0 Å². The monoisotopic (exact) mass is 338 g/mol. The molecule has 7 atom stereocenters. The fraction of sp³-hybridized carbons (Fsp3) is 0.947. The molecular formula is C19H34N2O3. The molecule has 138 valence electrons. The van der Waals surface area contributed by atoms with Gasteiger partial charge < -0.3 is 20.8 Å². The largest absolute Gasteiger partial charge is 0.393 e. The summed E-state index contributed by atoms with van der Waals surface area (Å²) in [4.78, 5) is 12.4. The average Bonchev–Trinajstić information content (AvgIpc) is 2.55. The number of piperidine rings is 1. The minimum Gasteiger partial charge on any atom is -0.393 e. The van der Waals surface area contributed by atoms with E-state index in [2.05, 4.69) is 24.5 Å². The predicted octanol–water partition coefficient (Wildman–Crippen LogP) is 1.43. The Kier molecular flexibility index (Phi) is 5.83. The third-order valence-corrected chi connectivity index (χ3v) is 6.66. The number of rotatable bonds is 4. The van der Waals surface area contributed by atoms with Crippen molar-refractivity contribution < 1.29 is 15.0 Å². The second-order valence-corrected chi connectivity index (χ2v) is 8.67. The van der Waals surface area contributed by atoms with Crippen LogP contribution in [0.3, 0.4) is 0 Å². The van der Waals surface area contributed by atoms with E-state index in [1.807, 2.05) is 0 Å². The summed E-state index contributed by atoms with van der Waals surface area (Å²) in [5.74, 6) is 2.25. The number of hydrogen-bond donors (Lipinski definition) is 4. The van der Waals surface area contributed by atoms with Crippen molar-refractivity contribution in [2.45, 2.75) is 83.1 Å². The van der Waals surface area contributed by atoms with Gasteiger partial charge in [-0.15, -0.1) is 0 Å². The maximum absolute atomic E-state index is 12.4. The molecule has 1 heterocycles. The zero-order valence-corrected chi connectivity index (χ0v) is 15.1. The van der Waals surface area contributed by atoms with Crippen LogP contribution in [0.4, 0.5) is 0 Å². The van der Waals surface area contributed by atoms with Crippen molar-refractivity contribution in [2.75, 3.05) is 6.54 Å². The molecule has 1 saturated heterocycles. The second-order valence-electron chi connectivity index (χ2n) is 8.67. The van der Waals surface area contributed by atoms with E-state index in [4.69, 9.17) is 0 Å². The molecule has 1 amide bonds. The van der Waals surface area contributed by atoms with Crippen molar-refractivity contribution in [3.8, 4) is 0 Å². The smallest absolute Gasteiger partial charge is 0.224 e. The molecule has 3 fully saturated rings. The third-order valence-electron chi connectivity index (χ3n) is 6.66. The molecule has 0 radical (unpaired) electrons. The van der Waals surface area contributed by atoms with E-state index in [0.29, 0.717) is 37.8 Å². The number of carbonyl (C=O) groups excluding carboxylic acids is 1. The molecule has 3 aliphatic rings. The van der Waals surface area contributed by atoms with E-state index in [-0.39, 0.29) is 24.0 Å². The molecule has 24 heavy (non-hydrogen) atoms. The van der Waals surface area contributed by atoms with E-state index >= 15 is 0 Å². The minimum absolute atomic E-state index is 0.0107. The number of amides is 1. The van der Waals surface area contributed by atoms with Gasteiger partial charge in [-0.05, 0) is 62.7 Å². The van der Waals surface area contributed by atoms with Crippen LogP contribution < -0.4 is 10.6 Å². The minimum atomic E-state index is -0.409. The molecule has 7 unspecified atom stereocenters. The molecular weight excluding hydrogens is 304 g/mol. The summed E-state index contributed by atoms with van der Waals surface area (Å²) in [5, 5.41) is 26.5. The molecule has 1 aliphatic heterocycles. The van der Waals surface area contributed by atoms with Gasteiger partial charge in [-0.1, -0.05) is 13.8 Å². The lowest BCUT2D eigenvalue weighted by Crippen LogP contribution is -2.55. The van der Waals surface area contributed by atoms with Crippen molar-refractivity contribution in [1.82, 2.24) is 10.6 Å². The van der Waals surface area contributed by atoms with E-state index in [0.717, 1.165) is 24.7 Å². The van der Waals surface area contributed by atoms with Gasteiger partial charge >= 0.3 is 0 Å². The van der Waals surface area contributed by atoms with Crippen LogP contribution in [-0.2, 0) is 4.79 Å². The normalized spacial score (nSPS) is 43.4. The first-order chi connectivity index (χ1) is 11.4. The van der Waals surface area contributed by atoms with Crippen molar-refractivity contribution in [2.24, 2.45) is 23.7 Å². The van der Waals surface area contributed by atoms with Gasteiger partial charge in [0.05, 0.1) is 18.1 Å². The highest BCUT2D eigenvalue weighted by atomic mass is 16.3. The van der Waals surface area contributed by atoms with Crippen LogP contribution in [0.15, 0.2) is 0 Å². The Morgan fingerprint density at radius 3 is 2.67 bits per heavy atom. The van der Waals surface area contributed by atoms with Crippen LogP contribution >= 0.6 is 0 Å². The van der Waals surface area contributed by atoms with Gasteiger partial charge in [0, 0.05) is 18.6 Å². The fourth-order valence-corrected chi connectivity index (χ4v) is 4.95. The average molecular weight is 338 g/mol. The van der Waals surface area contributed by atoms with Crippen molar-refractivity contribution in [1.29, 1.82) is 0 Å². The summed E-state index contributed by atoms with van der Waals surface area (Å²) >= 11 is 0. The van der Waals surface area contributed by atoms with E-state index in [1.165, 1.54) is 12.8 Å². The molecule has 0 aromatic heterocycles. The number of fused-ring (bicyclic) bond motifs is 1. The van der Waals surface area contributed by atoms with Crippen LogP contribution in [0.25, 0.3) is 0 Å². The highest BCUT2D eigenvalue weighted by Crippen LogP contribution is 2.39. The molecule has 3 rings (SSSR count). The number of aliphatic hydroxyl groups excluding tert-OH is 2. The molecule has 0 aromatic rings. The first-order valence-electron chi connectivity index (χ1n) is 9.84. The summed E-state index contributed by atoms with van der Waals surface area (Å²) in [7, 11) is 0. The molecule has 0 spiro atoms. The molecule has 2 saturated carbocycles. The number of carbonyl (C=O) groups is 1. The molecule has 5 nitrogen and oxygen atoms in total. The van der Waals surface area contributed by atoms with Gasteiger partial charge in [0.1, 0.15) is 0 Å². The second kappa shape index (κ2) is 7.71. The van der Waals surface area contributed by atoms with Gasteiger partial charge in [0.25, 0.3) is 0 Å². The number of nitrogens with one attached hydrogen (secondary N) is 2. The Labute approximate surface area is 145 Å². The standard InChI is InChI=1S/C19H34N2O3/c1-11(2)12-3-5-16-13(7-12)8-14(19(24)21-16)10-20-17-9-15(22)4-6-18(17)23/h11-18,20,22-23H,3-10H2,1-2H3,(H,21,24). The van der Waals surface area contributed by atoms with Crippen LogP contribution in [-0.4, -0.2) is 47.0 Å². The molecule has 2 aliphatic carbocycles. The van der Waals surface area contributed by atoms with E-state index < -0.39 is 6.10 Å². The Bertz CT molecular complexity index is 442. The van der Waals surface area contributed by atoms with Crippen LogP contribution in [0.2, 0.25) is 0 Å². The Balaban J connectivity index is 1.53. The topological polar surface area (TPSA) is 81.6 Å². The van der Waals surface area contributed by atoms with Crippen LogP contribution in [0, 0.1) is 23.7 Å². The Morgan fingerprint density at radius 2 is 1.92 bits per heavy atom. The van der Waals surface area contributed by atoms with Crippen LogP contribution in [0.1, 0.15) is 58.8 Å². The predicted molar refractivity (Wildman–Crippen MR) is 93.4 cm³/mol. The summed E-state index contributed by atoms with van der Waals surface area (Å²) in [6.07, 6.45) is 5.67. The fourth-order valence-electron chi connectivity index (χ4n) is 4.95. The molecule has 0 aromatic carbocycles. The summed E-state index contributed by atoms with van der Waals surface area (Å²) in [6.45, 7) is 5.22. The lowest BCUT2D eigenvalue weighted by atomic mass is 9.69. The van der Waals surface area contributed by atoms with Gasteiger partial charge in [0.2, 0.25) is 5.91 Å². The number of aliphatic hydroxyl groups is 2. The lowest BCUT2D eigenvalue weighted by molar-refractivity contribution is -0.130. The summed E-state index contributed by atoms with van der Waals surface area (Å²) < 4.78 is 0. The van der Waals surface area contributed by atoms with Crippen molar-refractivity contribution in [3.05, 3.63) is 0 Å². The summed E-state index contributed by atoms with van der Waals surface area (Å²) in [6, 6.07) is 0.278. The van der Waals surface area contributed by atoms with Gasteiger partial charge in [-0.2, -0.15) is 0 Å². The number of hydrogen-bond acceptors (Lipinski definition) is 4. The van der Waals surface area contributed by atoms with E-state index in [1.54, 1.807) is 0 Å². The Hall–Kier alpha value is -0.650. The maximum Gasteiger partial charge on any atom is 0.224 e. The van der Waals surface area contributed by atoms with Crippen molar-refractivity contribution >= 4 is 5.91 Å². The third kappa shape index (κ3) is 4.12. The highest BCUT2D eigenvalue weighted by Gasteiger charge is 2.40. The quantitative estimate of drug-likeness (QED) is 0.625. The SMILES string of the molecule is CC(C)C1CCC2NC(=O)C(CNC3CC(O)CCC3O)CC2C1.